The number of ether oxygens (including phenoxy) is 1. The fraction of sp³-hybridized carbons (Fsp3) is 0.650. The predicted molar refractivity (Wildman–Crippen MR) is 97.3 cm³/mol. The molecule has 1 aromatic rings. The molecule has 0 aliphatic rings. The molecule has 1 rings (SSSR count). The molecule has 0 aromatic heterocycles. The Morgan fingerprint density at radius 1 is 1.09 bits per heavy atom. The number of benzene rings is 1. The standard InChI is InChI=1S/C20H33NO2/c1-7-19(3,4)16-10-11-18(23-13-9-12-21-15-22)17(14-16)20(5,6)8-2/h10-11,14-15H,7-9,12-13H2,1-6H3,(H,21,22). The van der Waals surface area contributed by atoms with Gasteiger partial charge in [0.05, 0.1) is 6.61 Å². The molecule has 0 fully saturated rings. The minimum absolute atomic E-state index is 0.0796. The van der Waals surface area contributed by atoms with Crippen LogP contribution in [-0.4, -0.2) is 19.6 Å². The lowest BCUT2D eigenvalue weighted by Crippen LogP contribution is -2.21. The first kappa shape index (κ1) is 19.5. The van der Waals surface area contributed by atoms with Crippen LogP contribution < -0.4 is 10.1 Å². The summed E-state index contributed by atoms with van der Waals surface area (Å²) in [6.45, 7) is 14.8. The third kappa shape index (κ3) is 5.26. The normalized spacial score (nSPS) is 12.1. The zero-order valence-corrected chi connectivity index (χ0v) is 15.7. The molecule has 0 unspecified atom stereocenters. The van der Waals surface area contributed by atoms with Crippen molar-refractivity contribution in [2.24, 2.45) is 0 Å². The van der Waals surface area contributed by atoms with E-state index in [0.717, 1.165) is 31.4 Å². The second kappa shape index (κ2) is 8.37. The predicted octanol–water partition coefficient (Wildman–Crippen LogP) is 4.58. The van der Waals surface area contributed by atoms with Crippen molar-refractivity contribution in [3.63, 3.8) is 0 Å². The Labute approximate surface area is 141 Å². The second-order valence-corrected chi connectivity index (χ2v) is 7.46. The van der Waals surface area contributed by atoms with Gasteiger partial charge in [0.1, 0.15) is 5.75 Å². The van der Waals surface area contributed by atoms with Crippen LogP contribution in [0, 0.1) is 0 Å². The minimum atomic E-state index is 0.0796. The molecular weight excluding hydrogens is 286 g/mol. The Bertz CT molecular complexity index is 506. The van der Waals surface area contributed by atoms with Crippen LogP contribution in [0.5, 0.6) is 5.75 Å². The molecule has 1 aromatic carbocycles. The summed E-state index contributed by atoms with van der Waals surface area (Å²) >= 11 is 0. The molecule has 3 nitrogen and oxygen atoms in total. The number of carbonyl (C=O) groups excluding carboxylic acids is 1. The van der Waals surface area contributed by atoms with Gasteiger partial charge in [-0.1, -0.05) is 53.7 Å². The van der Waals surface area contributed by atoms with Crippen LogP contribution in [0.1, 0.15) is 71.9 Å². The zero-order chi connectivity index (χ0) is 17.5. The van der Waals surface area contributed by atoms with E-state index >= 15 is 0 Å². The van der Waals surface area contributed by atoms with E-state index in [0.29, 0.717) is 13.2 Å². The topological polar surface area (TPSA) is 38.3 Å². The molecule has 1 N–H and O–H groups in total. The van der Waals surface area contributed by atoms with Gasteiger partial charge in [0.25, 0.3) is 0 Å². The van der Waals surface area contributed by atoms with Gasteiger partial charge in [-0.25, -0.2) is 0 Å². The van der Waals surface area contributed by atoms with Gasteiger partial charge in [-0.05, 0) is 41.7 Å². The lowest BCUT2D eigenvalue weighted by Gasteiger charge is -2.30. The minimum Gasteiger partial charge on any atom is -0.493 e. The van der Waals surface area contributed by atoms with E-state index in [-0.39, 0.29) is 10.8 Å². The molecule has 0 spiro atoms. The number of hydrogen-bond acceptors (Lipinski definition) is 2. The maximum Gasteiger partial charge on any atom is 0.207 e. The molecule has 1 amide bonds. The van der Waals surface area contributed by atoms with Gasteiger partial charge in [-0.2, -0.15) is 0 Å². The quantitative estimate of drug-likeness (QED) is 0.506. The fourth-order valence-corrected chi connectivity index (χ4v) is 2.42. The van der Waals surface area contributed by atoms with Gasteiger partial charge >= 0.3 is 0 Å². The highest BCUT2D eigenvalue weighted by molar-refractivity contribution is 5.45. The van der Waals surface area contributed by atoms with Gasteiger partial charge in [0, 0.05) is 12.1 Å². The Morgan fingerprint density at radius 2 is 1.74 bits per heavy atom. The highest BCUT2D eigenvalue weighted by atomic mass is 16.5. The molecule has 0 radical (unpaired) electrons. The summed E-state index contributed by atoms with van der Waals surface area (Å²) in [5.74, 6) is 0.971. The Hall–Kier alpha value is -1.51. The molecule has 0 bridgehead atoms. The van der Waals surface area contributed by atoms with Crippen molar-refractivity contribution in [1.29, 1.82) is 0 Å². The van der Waals surface area contributed by atoms with Crippen molar-refractivity contribution in [2.75, 3.05) is 13.2 Å². The van der Waals surface area contributed by atoms with E-state index in [4.69, 9.17) is 4.74 Å². The Kier molecular flexibility index (Phi) is 7.11. The van der Waals surface area contributed by atoms with Gasteiger partial charge in [0.15, 0.2) is 0 Å². The summed E-state index contributed by atoms with van der Waals surface area (Å²) in [5, 5.41) is 2.67. The first-order valence-corrected chi connectivity index (χ1v) is 8.73. The smallest absolute Gasteiger partial charge is 0.207 e. The summed E-state index contributed by atoms with van der Waals surface area (Å²) < 4.78 is 6.02. The van der Waals surface area contributed by atoms with Crippen LogP contribution in [0.25, 0.3) is 0 Å². The number of hydrogen-bond donors (Lipinski definition) is 1. The van der Waals surface area contributed by atoms with Crippen molar-refractivity contribution < 1.29 is 9.53 Å². The highest BCUT2D eigenvalue weighted by Gasteiger charge is 2.26. The van der Waals surface area contributed by atoms with Crippen LogP contribution in [0.3, 0.4) is 0 Å². The second-order valence-electron chi connectivity index (χ2n) is 7.46. The first-order valence-electron chi connectivity index (χ1n) is 8.73. The summed E-state index contributed by atoms with van der Waals surface area (Å²) in [7, 11) is 0. The number of carbonyl (C=O) groups is 1. The summed E-state index contributed by atoms with van der Waals surface area (Å²) in [4.78, 5) is 10.3. The zero-order valence-electron chi connectivity index (χ0n) is 15.7. The number of amides is 1. The maximum atomic E-state index is 10.3. The number of nitrogens with one attached hydrogen (secondary N) is 1. The van der Waals surface area contributed by atoms with E-state index in [9.17, 15) is 4.79 Å². The van der Waals surface area contributed by atoms with E-state index in [1.807, 2.05) is 0 Å². The average Bonchev–Trinajstić information content (AvgIpc) is 2.54. The molecule has 0 atom stereocenters. The van der Waals surface area contributed by atoms with E-state index in [1.165, 1.54) is 11.1 Å². The van der Waals surface area contributed by atoms with Crippen LogP contribution in [-0.2, 0) is 15.6 Å². The molecule has 3 heteroatoms. The summed E-state index contributed by atoms with van der Waals surface area (Å²) in [6.07, 6.45) is 3.71. The van der Waals surface area contributed by atoms with Crippen LogP contribution in [0.15, 0.2) is 18.2 Å². The van der Waals surface area contributed by atoms with Gasteiger partial charge in [-0.15, -0.1) is 0 Å². The third-order valence-corrected chi connectivity index (χ3v) is 5.06. The maximum absolute atomic E-state index is 10.3. The molecule has 0 aliphatic carbocycles. The molecule has 0 saturated carbocycles. The molecule has 0 aliphatic heterocycles. The molecule has 0 saturated heterocycles. The molecular formula is C20H33NO2. The van der Waals surface area contributed by atoms with Crippen LogP contribution in [0.2, 0.25) is 0 Å². The van der Waals surface area contributed by atoms with Crippen molar-refractivity contribution in [3.8, 4) is 5.75 Å². The fourth-order valence-electron chi connectivity index (χ4n) is 2.42. The monoisotopic (exact) mass is 319 g/mol. The SMILES string of the molecule is CCC(C)(C)c1ccc(OCCCNC=O)c(C(C)(C)CC)c1. The summed E-state index contributed by atoms with van der Waals surface area (Å²) in [5.41, 5.74) is 2.90. The lowest BCUT2D eigenvalue weighted by molar-refractivity contribution is -0.109. The Morgan fingerprint density at radius 3 is 2.30 bits per heavy atom. The molecule has 130 valence electrons. The van der Waals surface area contributed by atoms with Crippen molar-refractivity contribution in [2.45, 2.75) is 71.6 Å². The highest BCUT2D eigenvalue weighted by Crippen LogP contribution is 2.38. The summed E-state index contributed by atoms with van der Waals surface area (Å²) in [6, 6.07) is 6.64. The first-order chi connectivity index (χ1) is 10.8. The molecule has 0 heterocycles. The van der Waals surface area contributed by atoms with Crippen molar-refractivity contribution in [3.05, 3.63) is 29.3 Å². The number of rotatable bonds is 10. The third-order valence-electron chi connectivity index (χ3n) is 5.06. The van der Waals surface area contributed by atoms with Crippen LogP contribution >= 0.6 is 0 Å². The Balaban J connectivity index is 3.03. The van der Waals surface area contributed by atoms with Gasteiger partial charge in [0.2, 0.25) is 6.41 Å². The van der Waals surface area contributed by atoms with E-state index in [2.05, 4.69) is 65.1 Å². The molecule has 23 heavy (non-hydrogen) atoms. The lowest BCUT2D eigenvalue weighted by atomic mass is 9.76. The van der Waals surface area contributed by atoms with Gasteiger partial charge < -0.3 is 10.1 Å². The van der Waals surface area contributed by atoms with Crippen molar-refractivity contribution in [1.82, 2.24) is 5.32 Å². The van der Waals surface area contributed by atoms with Gasteiger partial charge in [-0.3, -0.25) is 4.79 Å². The van der Waals surface area contributed by atoms with E-state index < -0.39 is 0 Å². The van der Waals surface area contributed by atoms with Crippen molar-refractivity contribution >= 4 is 6.41 Å². The van der Waals surface area contributed by atoms with E-state index in [1.54, 1.807) is 0 Å². The largest absolute Gasteiger partial charge is 0.493 e. The van der Waals surface area contributed by atoms with Crippen LogP contribution in [0.4, 0.5) is 0 Å². The average molecular weight is 319 g/mol.